The number of hydrogen-bond acceptors (Lipinski definition) is 4. The summed E-state index contributed by atoms with van der Waals surface area (Å²) in [6.07, 6.45) is 3.14. The number of amides is 1. The highest BCUT2D eigenvalue weighted by Crippen LogP contribution is 2.26. The van der Waals surface area contributed by atoms with Crippen molar-refractivity contribution >= 4 is 22.6 Å². The smallest absolute Gasteiger partial charge is 0.238 e. The summed E-state index contributed by atoms with van der Waals surface area (Å²) in [4.78, 5) is 23.0. The first-order valence-electron chi connectivity index (χ1n) is 6.33. The highest BCUT2D eigenvalue weighted by molar-refractivity contribution is 5.94. The number of carbonyl (C=O) groups excluding carboxylic acids is 1. The maximum absolute atomic E-state index is 11.5. The van der Waals surface area contributed by atoms with Gasteiger partial charge in [-0.1, -0.05) is 12.1 Å². The van der Waals surface area contributed by atoms with Crippen molar-refractivity contribution in [2.24, 2.45) is 0 Å². The standard InChI is InChI=1S/C15H11N5O/c16-6-4-13(21)20-11-3-1-2-10(8-11)14-12-5-7-17-15(12)19-9-18-14/h1-3,5,7-9H,4H2,(H,20,21)(H,17,18,19). The molecule has 102 valence electrons. The van der Waals surface area contributed by atoms with E-state index >= 15 is 0 Å². The molecule has 0 aliphatic carbocycles. The van der Waals surface area contributed by atoms with Crippen LogP contribution in [0.5, 0.6) is 0 Å². The van der Waals surface area contributed by atoms with Crippen molar-refractivity contribution in [3.8, 4) is 17.3 Å². The summed E-state index contributed by atoms with van der Waals surface area (Å²) in [5.41, 5.74) is 3.06. The first-order valence-corrected chi connectivity index (χ1v) is 6.33. The SMILES string of the molecule is N#CCC(=O)Nc1cccc(-c2ncnc3[nH]ccc23)c1. The molecule has 1 amide bonds. The van der Waals surface area contributed by atoms with Crippen LogP contribution >= 0.6 is 0 Å². The molecule has 6 heteroatoms. The molecule has 0 saturated heterocycles. The molecule has 0 unspecified atom stereocenters. The summed E-state index contributed by atoms with van der Waals surface area (Å²) in [6.45, 7) is 0. The Bertz CT molecular complexity index is 846. The lowest BCUT2D eigenvalue weighted by Gasteiger charge is -2.06. The number of rotatable bonds is 3. The molecule has 2 heterocycles. The summed E-state index contributed by atoms with van der Waals surface area (Å²) >= 11 is 0. The van der Waals surface area contributed by atoms with Crippen LogP contribution in [-0.2, 0) is 4.79 Å². The molecule has 0 aliphatic heterocycles. The molecule has 0 saturated carbocycles. The summed E-state index contributed by atoms with van der Waals surface area (Å²) in [5.74, 6) is -0.330. The fraction of sp³-hybridized carbons (Fsp3) is 0.0667. The van der Waals surface area contributed by atoms with E-state index in [0.29, 0.717) is 5.69 Å². The van der Waals surface area contributed by atoms with Crippen molar-refractivity contribution in [2.75, 3.05) is 5.32 Å². The van der Waals surface area contributed by atoms with Crippen LogP contribution < -0.4 is 5.32 Å². The fourth-order valence-corrected chi connectivity index (χ4v) is 2.12. The number of carbonyl (C=O) groups is 1. The zero-order valence-corrected chi connectivity index (χ0v) is 11.0. The topological polar surface area (TPSA) is 94.5 Å². The van der Waals surface area contributed by atoms with Gasteiger partial charge in [-0.15, -0.1) is 0 Å². The molecule has 0 bridgehead atoms. The van der Waals surface area contributed by atoms with Gasteiger partial charge in [-0.3, -0.25) is 4.79 Å². The van der Waals surface area contributed by atoms with Gasteiger partial charge in [0, 0.05) is 22.8 Å². The molecule has 2 aromatic heterocycles. The number of H-pyrrole nitrogens is 1. The third-order valence-electron chi connectivity index (χ3n) is 3.01. The predicted octanol–water partition coefficient (Wildman–Crippen LogP) is 2.48. The number of anilines is 1. The minimum atomic E-state index is -0.330. The normalized spacial score (nSPS) is 10.2. The zero-order chi connectivity index (χ0) is 14.7. The molecule has 6 nitrogen and oxygen atoms in total. The first kappa shape index (κ1) is 12.8. The van der Waals surface area contributed by atoms with E-state index in [1.165, 1.54) is 6.33 Å². The second-order valence-corrected chi connectivity index (χ2v) is 4.43. The molecule has 21 heavy (non-hydrogen) atoms. The van der Waals surface area contributed by atoms with E-state index in [2.05, 4.69) is 20.3 Å². The van der Waals surface area contributed by atoms with Gasteiger partial charge in [-0.2, -0.15) is 5.26 Å². The molecule has 0 radical (unpaired) electrons. The Morgan fingerprint density at radius 3 is 3.10 bits per heavy atom. The van der Waals surface area contributed by atoms with Crippen LogP contribution in [0, 0.1) is 11.3 Å². The summed E-state index contributed by atoms with van der Waals surface area (Å²) in [6, 6.07) is 11.1. The fourth-order valence-electron chi connectivity index (χ4n) is 2.12. The van der Waals surface area contributed by atoms with Crippen LogP contribution in [0.25, 0.3) is 22.3 Å². The van der Waals surface area contributed by atoms with Crippen LogP contribution in [0.3, 0.4) is 0 Å². The molecule has 3 rings (SSSR count). The lowest BCUT2D eigenvalue weighted by atomic mass is 10.1. The molecule has 0 fully saturated rings. The van der Waals surface area contributed by atoms with Crippen LogP contribution in [0.4, 0.5) is 5.69 Å². The quantitative estimate of drug-likeness (QED) is 0.768. The summed E-state index contributed by atoms with van der Waals surface area (Å²) in [7, 11) is 0. The Labute approximate surface area is 120 Å². The van der Waals surface area contributed by atoms with Gasteiger partial charge in [0.2, 0.25) is 5.91 Å². The number of nitriles is 1. The minimum absolute atomic E-state index is 0.167. The van der Waals surface area contributed by atoms with E-state index in [0.717, 1.165) is 22.3 Å². The number of benzene rings is 1. The van der Waals surface area contributed by atoms with Crippen molar-refractivity contribution in [3.63, 3.8) is 0 Å². The van der Waals surface area contributed by atoms with Gasteiger partial charge in [0.25, 0.3) is 0 Å². The van der Waals surface area contributed by atoms with Gasteiger partial charge in [-0.05, 0) is 18.2 Å². The Hall–Kier alpha value is -3.20. The molecule has 0 atom stereocenters. The second kappa shape index (κ2) is 5.43. The van der Waals surface area contributed by atoms with E-state index in [4.69, 9.17) is 5.26 Å². The first-order chi connectivity index (χ1) is 10.3. The average molecular weight is 277 g/mol. The van der Waals surface area contributed by atoms with Gasteiger partial charge in [0.15, 0.2) is 0 Å². The highest BCUT2D eigenvalue weighted by Gasteiger charge is 2.08. The highest BCUT2D eigenvalue weighted by atomic mass is 16.1. The second-order valence-electron chi connectivity index (χ2n) is 4.43. The van der Waals surface area contributed by atoms with Gasteiger partial charge in [0.1, 0.15) is 18.4 Å². The lowest BCUT2D eigenvalue weighted by molar-refractivity contribution is -0.115. The Morgan fingerprint density at radius 2 is 2.24 bits per heavy atom. The molecule has 2 N–H and O–H groups in total. The number of aromatic nitrogens is 3. The minimum Gasteiger partial charge on any atom is -0.346 e. The summed E-state index contributed by atoms with van der Waals surface area (Å²) in [5, 5.41) is 12.1. The van der Waals surface area contributed by atoms with Gasteiger partial charge in [0.05, 0.1) is 11.8 Å². The van der Waals surface area contributed by atoms with Crippen LogP contribution in [0.1, 0.15) is 6.42 Å². The Balaban J connectivity index is 1.98. The summed E-state index contributed by atoms with van der Waals surface area (Å²) < 4.78 is 0. The third-order valence-corrected chi connectivity index (χ3v) is 3.01. The maximum atomic E-state index is 11.5. The monoisotopic (exact) mass is 277 g/mol. The van der Waals surface area contributed by atoms with E-state index in [1.54, 1.807) is 12.3 Å². The largest absolute Gasteiger partial charge is 0.346 e. The van der Waals surface area contributed by atoms with Gasteiger partial charge >= 0.3 is 0 Å². The Morgan fingerprint density at radius 1 is 1.33 bits per heavy atom. The van der Waals surface area contributed by atoms with E-state index < -0.39 is 0 Å². The van der Waals surface area contributed by atoms with Crippen molar-refractivity contribution < 1.29 is 4.79 Å². The molecular weight excluding hydrogens is 266 g/mol. The van der Waals surface area contributed by atoms with Crippen molar-refractivity contribution in [2.45, 2.75) is 6.42 Å². The molecule has 0 spiro atoms. The number of fused-ring (bicyclic) bond motifs is 1. The Kier molecular flexibility index (Phi) is 3.31. The van der Waals surface area contributed by atoms with Crippen molar-refractivity contribution in [3.05, 3.63) is 42.9 Å². The predicted molar refractivity (Wildman–Crippen MR) is 78.2 cm³/mol. The lowest BCUT2D eigenvalue weighted by Crippen LogP contribution is -2.09. The molecule has 3 aromatic rings. The van der Waals surface area contributed by atoms with Crippen LogP contribution in [0.2, 0.25) is 0 Å². The molecule has 1 aromatic carbocycles. The third kappa shape index (κ3) is 2.58. The van der Waals surface area contributed by atoms with E-state index in [-0.39, 0.29) is 12.3 Å². The number of aromatic amines is 1. The zero-order valence-electron chi connectivity index (χ0n) is 11.0. The van der Waals surface area contributed by atoms with Crippen LogP contribution in [-0.4, -0.2) is 20.9 Å². The maximum Gasteiger partial charge on any atom is 0.238 e. The van der Waals surface area contributed by atoms with Gasteiger partial charge in [-0.25, -0.2) is 9.97 Å². The van der Waals surface area contributed by atoms with Crippen LogP contribution in [0.15, 0.2) is 42.9 Å². The number of hydrogen-bond donors (Lipinski definition) is 2. The van der Waals surface area contributed by atoms with Crippen molar-refractivity contribution in [1.82, 2.24) is 15.0 Å². The van der Waals surface area contributed by atoms with E-state index in [9.17, 15) is 4.79 Å². The molecule has 0 aliphatic rings. The number of nitrogens with zero attached hydrogens (tertiary/aromatic N) is 3. The van der Waals surface area contributed by atoms with Gasteiger partial charge < -0.3 is 10.3 Å². The van der Waals surface area contributed by atoms with E-state index in [1.807, 2.05) is 30.3 Å². The average Bonchev–Trinajstić information content (AvgIpc) is 2.96. The van der Waals surface area contributed by atoms with Crippen molar-refractivity contribution in [1.29, 1.82) is 5.26 Å². The molecular formula is C15H11N5O. The number of nitrogens with one attached hydrogen (secondary N) is 2.